The predicted octanol–water partition coefficient (Wildman–Crippen LogP) is 9.03. The topological polar surface area (TPSA) is 9.86 Å². The van der Waals surface area contributed by atoms with E-state index in [4.69, 9.17) is 6.85 Å². The molecular formula is C34H22N2. The van der Waals surface area contributed by atoms with Crippen LogP contribution in [0, 0.1) is 0 Å². The quantitative estimate of drug-likeness (QED) is 0.242. The average molecular weight is 464 g/mol. The second-order valence-electron chi connectivity index (χ2n) is 9.06. The molecule has 0 atom stereocenters. The van der Waals surface area contributed by atoms with Crippen molar-refractivity contribution in [3.8, 4) is 11.4 Å². The fourth-order valence-corrected chi connectivity index (χ4v) is 5.70. The minimum Gasteiger partial charge on any atom is -0.309 e. The molecule has 2 heterocycles. The number of hydrogen-bond acceptors (Lipinski definition) is 0. The largest absolute Gasteiger partial charge is 0.309 e. The number of fused-ring (bicyclic) bond motifs is 8. The zero-order valence-corrected chi connectivity index (χ0v) is 19.2. The molecule has 0 unspecified atom stereocenters. The Hall–Kier alpha value is -4.82. The molecule has 2 heteroatoms. The van der Waals surface area contributed by atoms with Gasteiger partial charge in [-0.1, -0.05) is 84.9 Å². The van der Waals surface area contributed by atoms with Crippen molar-refractivity contribution < 1.29 is 6.85 Å². The molecule has 0 fully saturated rings. The first kappa shape index (κ1) is 15.2. The fourth-order valence-electron chi connectivity index (χ4n) is 5.70. The molecule has 36 heavy (non-hydrogen) atoms. The lowest BCUT2D eigenvalue weighted by Gasteiger charge is -2.10. The van der Waals surface area contributed by atoms with Gasteiger partial charge in [-0.3, -0.25) is 0 Å². The maximum absolute atomic E-state index is 8.78. The molecule has 168 valence electrons. The van der Waals surface area contributed by atoms with Crippen LogP contribution in [0.4, 0.5) is 0 Å². The van der Waals surface area contributed by atoms with Crippen LogP contribution < -0.4 is 0 Å². The van der Waals surface area contributed by atoms with Crippen LogP contribution in [0.1, 0.15) is 6.85 Å². The lowest BCUT2D eigenvalue weighted by atomic mass is 10.0. The number of aromatic nitrogens is 2. The molecule has 0 saturated carbocycles. The van der Waals surface area contributed by atoms with E-state index in [1.54, 1.807) is 0 Å². The zero-order valence-electron chi connectivity index (χ0n) is 24.2. The van der Waals surface area contributed by atoms with E-state index in [-0.39, 0.29) is 29.9 Å². The summed E-state index contributed by atoms with van der Waals surface area (Å²) in [5.74, 6) is 0. The highest BCUT2D eigenvalue weighted by atomic mass is 15.0. The third kappa shape index (κ3) is 2.61. The van der Waals surface area contributed by atoms with E-state index in [1.807, 2.05) is 47.0 Å². The summed E-state index contributed by atoms with van der Waals surface area (Å²) in [6, 6.07) is 33.6. The average Bonchev–Trinajstić information content (AvgIpc) is 3.51. The summed E-state index contributed by atoms with van der Waals surface area (Å²) in [6.07, 6.45) is 0. The van der Waals surface area contributed by atoms with Gasteiger partial charge in [0, 0.05) is 32.9 Å². The molecule has 0 amide bonds. The maximum Gasteiger partial charge on any atom is 0.0645 e. The van der Waals surface area contributed by atoms with Gasteiger partial charge < -0.3 is 9.13 Å². The van der Waals surface area contributed by atoms with Gasteiger partial charge in [0.2, 0.25) is 0 Å². The Bertz CT molecular complexity index is 2340. The molecule has 0 spiro atoms. The van der Waals surface area contributed by atoms with Gasteiger partial charge in [0.05, 0.1) is 28.9 Å². The Morgan fingerprint density at radius 3 is 2.00 bits per heavy atom. The molecule has 8 aromatic rings. The monoisotopic (exact) mass is 463 g/mol. The molecular weight excluding hydrogens is 436 g/mol. The fraction of sp³-hybridized carbons (Fsp3) is 0. The molecule has 0 aliphatic carbocycles. The van der Waals surface area contributed by atoms with E-state index in [9.17, 15) is 0 Å². The van der Waals surface area contributed by atoms with Gasteiger partial charge in [0.25, 0.3) is 0 Å². The second-order valence-corrected chi connectivity index (χ2v) is 9.06. The van der Waals surface area contributed by atoms with Crippen LogP contribution in [0.3, 0.4) is 0 Å². The minimum absolute atomic E-state index is 0.148. The highest BCUT2D eigenvalue weighted by Crippen LogP contribution is 2.41. The van der Waals surface area contributed by atoms with Crippen molar-refractivity contribution in [2.75, 3.05) is 0 Å². The van der Waals surface area contributed by atoms with Gasteiger partial charge in [0.15, 0.2) is 0 Å². The van der Waals surface area contributed by atoms with Crippen LogP contribution in [0.5, 0.6) is 0 Å². The highest BCUT2D eigenvalue weighted by molar-refractivity contribution is 6.25. The second kappa shape index (κ2) is 7.34. The number of para-hydroxylation sites is 3. The summed E-state index contributed by atoms with van der Waals surface area (Å²) < 4.78 is 46.5. The van der Waals surface area contributed by atoms with E-state index < -0.39 is 6.04 Å². The Balaban J connectivity index is 1.63. The first-order valence-corrected chi connectivity index (χ1v) is 12.0. The predicted molar refractivity (Wildman–Crippen MR) is 153 cm³/mol. The molecule has 6 aromatic carbocycles. The Morgan fingerprint density at radius 2 is 1.14 bits per heavy atom. The summed E-state index contributed by atoms with van der Waals surface area (Å²) in [7, 11) is 0. The van der Waals surface area contributed by atoms with Gasteiger partial charge in [-0.05, 0) is 59.3 Å². The van der Waals surface area contributed by atoms with E-state index in [0.29, 0.717) is 0 Å². The van der Waals surface area contributed by atoms with Crippen LogP contribution in [0.25, 0.3) is 65.8 Å². The first-order chi connectivity index (χ1) is 20.0. The van der Waals surface area contributed by atoms with Crippen molar-refractivity contribution in [3.63, 3.8) is 0 Å². The lowest BCUT2D eigenvalue weighted by molar-refractivity contribution is 1.16. The maximum atomic E-state index is 8.78. The summed E-state index contributed by atoms with van der Waals surface area (Å²) in [5, 5.41) is 6.49. The van der Waals surface area contributed by atoms with Gasteiger partial charge in [-0.15, -0.1) is 0 Å². The summed E-state index contributed by atoms with van der Waals surface area (Å²) in [5.41, 5.74) is 4.79. The SMILES string of the molecule is [2H]c1c([2H])c([2H])c(-n2c3ccccc3c3cc4c5c6ccccc6ccc5n(-c5ccccc5)c4cc32)c([2H])c1[2H]. The third-order valence-corrected chi connectivity index (χ3v) is 7.17. The van der Waals surface area contributed by atoms with Crippen molar-refractivity contribution in [2.45, 2.75) is 0 Å². The molecule has 0 N–H and O–H groups in total. The molecule has 0 radical (unpaired) electrons. The van der Waals surface area contributed by atoms with E-state index >= 15 is 0 Å². The van der Waals surface area contributed by atoms with Gasteiger partial charge >= 0.3 is 0 Å². The number of benzene rings is 6. The molecule has 0 saturated heterocycles. The minimum atomic E-state index is -0.400. The Labute approximate surface area is 215 Å². The molecule has 0 aliphatic heterocycles. The van der Waals surface area contributed by atoms with Gasteiger partial charge in [0.1, 0.15) is 0 Å². The van der Waals surface area contributed by atoms with E-state index in [0.717, 1.165) is 54.7 Å². The van der Waals surface area contributed by atoms with Gasteiger partial charge in [-0.2, -0.15) is 0 Å². The number of hydrogen-bond donors (Lipinski definition) is 0. The van der Waals surface area contributed by atoms with Crippen molar-refractivity contribution in [1.82, 2.24) is 9.13 Å². The number of nitrogens with zero attached hydrogens (tertiary/aromatic N) is 2. The number of rotatable bonds is 2. The lowest BCUT2D eigenvalue weighted by Crippen LogP contribution is -1.95. The first-order valence-electron chi connectivity index (χ1n) is 14.5. The van der Waals surface area contributed by atoms with Crippen LogP contribution in [0.2, 0.25) is 0 Å². The Kier molecular flexibility index (Phi) is 3.10. The standard InChI is InChI=1S/C34H22N2/c1-3-12-24(13-4-1)35-30-18-10-9-17-27(30)28-21-29-33(22-32(28)35)36(25-14-5-2-6-15-25)31-20-19-23-11-7-8-16-26(23)34(29)31/h1-22H/i1D,3D,4D,12D,13D. The molecule has 2 nitrogen and oxygen atoms in total. The van der Waals surface area contributed by atoms with E-state index in [1.165, 1.54) is 5.39 Å². The molecule has 0 bridgehead atoms. The summed E-state index contributed by atoms with van der Waals surface area (Å²) in [6.45, 7) is 0. The molecule has 8 rings (SSSR count). The van der Waals surface area contributed by atoms with Crippen LogP contribution >= 0.6 is 0 Å². The molecule has 2 aromatic heterocycles. The summed E-state index contributed by atoms with van der Waals surface area (Å²) in [4.78, 5) is 0. The normalized spacial score (nSPS) is 13.8. The van der Waals surface area contributed by atoms with Crippen molar-refractivity contribution in [2.24, 2.45) is 0 Å². The van der Waals surface area contributed by atoms with Crippen molar-refractivity contribution in [3.05, 3.63) is 133 Å². The van der Waals surface area contributed by atoms with Crippen LogP contribution in [0.15, 0.2) is 133 Å². The smallest absolute Gasteiger partial charge is 0.0645 e. The molecule has 0 aliphatic rings. The summed E-state index contributed by atoms with van der Waals surface area (Å²) >= 11 is 0. The van der Waals surface area contributed by atoms with E-state index in [2.05, 4.69) is 65.2 Å². The zero-order chi connectivity index (χ0) is 28.0. The van der Waals surface area contributed by atoms with Crippen LogP contribution in [-0.2, 0) is 0 Å². The van der Waals surface area contributed by atoms with Gasteiger partial charge in [-0.25, -0.2) is 0 Å². The van der Waals surface area contributed by atoms with Crippen LogP contribution in [-0.4, -0.2) is 9.13 Å². The third-order valence-electron chi connectivity index (χ3n) is 7.17. The van der Waals surface area contributed by atoms with Crippen molar-refractivity contribution in [1.29, 1.82) is 0 Å². The highest BCUT2D eigenvalue weighted by Gasteiger charge is 2.19. The Morgan fingerprint density at radius 1 is 0.444 bits per heavy atom. The van der Waals surface area contributed by atoms with Crippen molar-refractivity contribution >= 4 is 54.4 Å².